The lowest BCUT2D eigenvalue weighted by Gasteiger charge is -2.25. The number of aliphatic carboxylic acids is 2. The summed E-state index contributed by atoms with van der Waals surface area (Å²) in [6, 6.07) is -4.95. The number of nitrogens with two attached hydrogens (primary N) is 2. The largest absolute Gasteiger partial charge is 0.481 e. The number of carbonyl (C=O) groups excluding carboxylic acids is 5. The molecule has 318 valence electrons. The van der Waals surface area contributed by atoms with Crippen molar-refractivity contribution in [3.05, 3.63) is 0 Å². The maximum Gasteiger partial charge on any atom is 0.328 e. The van der Waals surface area contributed by atoms with E-state index in [0.29, 0.717) is 19.3 Å². The molecule has 0 saturated heterocycles. The molecule has 16 nitrogen and oxygen atoms in total. The number of carbonyl (C=O) groups is 7. The molecule has 0 aromatic heterocycles. The number of amides is 3. The summed E-state index contributed by atoms with van der Waals surface area (Å²) in [6.45, 7) is 6.18. The van der Waals surface area contributed by atoms with Crippen LogP contribution in [0.1, 0.15) is 162 Å². The third kappa shape index (κ3) is 28.3. The van der Waals surface area contributed by atoms with Crippen LogP contribution in [0.2, 0.25) is 0 Å². The third-order valence-electron chi connectivity index (χ3n) is 9.08. The molecule has 0 aliphatic carbocycles. The van der Waals surface area contributed by atoms with Crippen molar-refractivity contribution in [3.8, 4) is 0 Å². The number of nitrogens with one attached hydrogen (secondary N) is 3. The fraction of sp³-hybridized carbons (Fsp3) is 0.821. The second-order valence-corrected chi connectivity index (χ2v) is 14.3. The van der Waals surface area contributed by atoms with Gasteiger partial charge in [-0.05, 0) is 58.3 Å². The number of esters is 2. The van der Waals surface area contributed by atoms with Crippen LogP contribution in [0.25, 0.3) is 0 Å². The minimum absolute atomic E-state index is 0.0218. The van der Waals surface area contributed by atoms with Crippen LogP contribution in [0.15, 0.2) is 0 Å². The first-order valence-electron chi connectivity index (χ1n) is 20.4. The molecular formula is C39H71N5O11. The molecule has 5 atom stereocenters. The summed E-state index contributed by atoms with van der Waals surface area (Å²) < 4.78 is 10.8. The standard InChI is InChI=1S/C39H71N5O11/c1-4-6-7-8-9-10-11-12-13-14-15-16-19-28(3)55-39(53)32(22-24-35(49)54-26-5-2)44-38(52)31(43-37(51)30(41)27-34(47)48)20-17-18-25-42-36(50)29(40)21-23-33(45)46/h28-32H,4-27,40-41H2,1-3H3,(H,42,50)(H,43,51)(H,44,52)(H,45,46)(H,47,48). The molecule has 0 bridgehead atoms. The summed E-state index contributed by atoms with van der Waals surface area (Å²) in [5.74, 6) is -5.86. The Bertz CT molecular complexity index is 1140. The number of hydrogen-bond acceptors (Lipinski definition) is 11. The predicted molar refractivity (Wildman–Crippen MR) is 208 cm³/mol. The van der Waals surface area contributed by atoms with E-state index in [9.17, 15) is 33.6 Å². The van der Waals surface area contributed by atoms with Crippen LogP contribution >= 0.6 is 0 Å². The number of rotatable bonds is 35. The Kier molecular flexibility index (Phi) is 30.2. The monoisotopic (exact) mass is 786 g/mol. The number of carboxylic acid groups (broad SMARTS) is 2. The Morgan fingerprint density at radius 1 is 0.582 bits per heavy atom. The van der Waals surface area contributed by atoms with Crippen molar-refractivity contribution >= 4 is 41.6 Å². The predicted octanol–water partition coefficient (Wildman–Crippen LogP) is 3.99. The molecule has 5 unspecified atom stereocenters. The molecule has 0 rings (SSSR count). The molecule has 0 aromatic rings. The van der Waals surface area contributed by atoms with Crippen molar-refractivity contribution in [1.82, 2.24) is 16.0 Å². The maximum atomic E-state index is 13.6. The van der Waals surface area contributed by atoms with Gasteiger partial charge >= 0.3 is 23.9 Å². The highest BCUT2D eigenvalue weighted by molar-refractivity contribution is 5.93. The Morgan fingerprint density at radius 3 is 1.71 bits per heavy atom. The maximum absolute atomic E-state index is 13.6. The topological polar surface area (TPSA) is 267 Å². The van der Waals surface area contributed by atoms with Gasteiger partial charge in [-0.1, -0.05) is 84.5 Å². The van der Waals surface area contributed by atoms with Gasteiger partial charge in [0.2, 0.25) is 17.7 Å². The second kappa shape index (κ2) is 32.5. The zero-order chi connectivity index (χ0) is 41.4. The van der Waals surface area contributed by atoms with Gasteiger partial charge in [-0.3, -0.25) is 28.8 Å². The van der Waals surface area contributed by atoms with E-state index in [4.69, 9.17) is 31.2 Å². The molecule has 0 spiro atoms. The highest BCUT2D eigenvalue weighted by atomic mass is 16.5. The molecule has 55 heavy (non-hydrogen) atoms. The first-order chi connectivity index (χ1) is 26.2. The van der Waals surface area contributed by atoms with Gasteiger partial charge in [0, 0.05) is 19.4 Å². The molecule has 0 heterocycles. The Morgan fingerprint density at radius 2 is 1.15 bits per heavy atom. The van der Waals surface area contributed by atoms with E-state index in [0.717, 1.165) is 19.3 Å². The van der Waals surface area contributed by atoms with Crippen LogP contribution in [0, 0.1) is 0 Å². The quantitative estimate of drug-likeness (QED) is 0.0354. The summed E-state index contributed by atoms with van der Waals surface area (Å²) in [4.78, 5) is 86.1. The molecule has 0 aliphatic heterocycles. The summed E-state index contributed by atoms with van der Waals surface area (Å²) in [6.07, 6.45) is 14.6. The Balaban J connectivity index is 5.34. The van der Waals surface area contributed by atoms with E-state index in [-0.39, 0.29) is 51.7 Å². The molecule has 0 saturated carbocycles. The average molecular weight is 786 g/mol. The normalized spacial score (nSPS) is 13.8. The van der Waals surface area contributed by atoms with E-state index in [1.807, 2.05) is 6.92 Å². The average Bonchev–Trinajstić information content (AvgIpc) is 3.13. The van der Waals surface area contributed by atoms with Crippen molar-refractivity contribution < 1.29 is 53.2 Å². The van der Waals surface area contributed by atoms with Gasteiger partial charge < -0.3 is 47.1 Å². The van der Waals surface area contributed by atoms with Gasteiger partial charge in [0.25, 0.3) is 0 Å². The molecule has 0 aromatic carbocycles. The molecule has 0 fully saturated rings. The fourth-order valence-electron chi connectivity index (χ4n) is 5.74. The minimum Gasteiger partial charge on any atom is -0.481 e. The van der Waals surface area contributed by atoms with Gasteiger partial charge in [0.15, 0.2) is 0 Å². The van der Waals surface area contributed by atoms with Crippen molar-refractivity contribution in [2.75, 3.05) is 13.2 Å². The molecule has 0 radical (unpaired) electrons. The summed E-state index contributed by atoms with van der Waals surface area (Å²) in [5.41, 5.74) is 11.5. The molecule has 0 aliphatic rings. The van der Waals surface area contributed by atoms with E-state index in [1.165, 1.54) is 57.8 Å². The van der Waals surface area contributed by atoms with Crippen LogP contribution in [-0.4, -0.2) is 95.2 Å². The Labute approximate surface area is 327 Å². The zero-order valence-electron chi connectivity index (χ0n) is 33.6. The third-order valence-corrected chi connectivity index (χ3v) is 9.08. The van der Waals surface area contributed by atoms with Gasteiger partial charge in [0.1, 0.15) is 12.1 Å². The number of hydrogen-bond donors (Lipinski definition) is 7. The van der Waals surface area contributed by atoms with Crippen molar-refractivity contribution in [2.45, 2.75) is 192 Å². The lowest BCUT2D eigenvalue weighted by Crippen LogP contribution is -2.55. The first-order valence-corrected chi connectivity index (χ1v) is 20.4. The second-order valence-electron chi connectivity index (χ2n) is 14.3. The van der Waals surface area contributed by atoms with Crippen molar-refractivity contribution in [3.63, 3.8) is 0 Å². The lowest BCUT2D eigenvalue weighted by atomic mass is 10.0. The fourth-order valence-corrected chi connectivity index (χ4v) is 5.74. The van der Waals surface area contributed by atoms with E-state index < -0.39 is 78.3 Å². The highest BCUT2D eigenvalue weighted by Crippen LogP contribution is 2.15. The molecule has 16 heteroatoms. The van der Waals surface area contributed by atoms with E-state index >= 15 is 0 Å². The Hall–Kier alpha value is -3.79. The van der Waals surface area contributed by atoms with Crippen LogP contribution in [0.5, 0.6) is 0 Å². The minimum atomic E-state index is -1.45. The smallest absolute Gasteiger partial charge is 0.328 e. The highest BCUT2D eigenvalue weighted by Gasteiger charge is 2.30. The lowest BCUT2D eigenvalue weighted by molar-refractivity contribution is -0.153. The van der Waals surface area contributed by atoms with E-state index in [2.05, 4.69) is 22.9 Å². The summed E-state index contributed by atoms with van der Waals surface area (Å²) in [5, 5.41) is 25.5. The van der Waals surface area contributed by atoms with Gasteiger partial charge in [-0.15, -0.1) is 0 Å². The van der Waals surface area contributed by atoms with Crippen LogP contribution in [-0.2, 0) is 43.0 Å². The van der Waals surface area contributed by atoms with Crippen LogP contribution in [0.3, 0.4) is 0 Å². The first kappa shape index (κ1) is 51.2. The SMILES string of the molecule is CCCCCCCCCCCCCCC(C)OC(=O)C(CCC(=O)OCCC)NC(=O)C(CCCCNC(=O)C(N)CCC(=O)O)NC(=O)C(N)CC(=O)O. The van der Waals surface area contributed by atoms with Gasteiger partial charge in [-0.25, -0.2) is 4.79 Å². The van der Waals surface area contributed by atoms with Gasteiger partial charge in [-0.2, -0.15) is 0 Å². The van der Waals surface area contributed by atoms with Crippen LogP contribution in [0.4, 0.5) is 0 Å². The molecule has 9 N–H and O–H groups in total. The zero-order valence-corrected chi connectivity index (χ0v) is 33.6. The van der Waals surface area contributed by atoms with Crippen molar-refractivity contribution in [2.24, 2.45) is 11.5 Å². The van der Waals surface area contributed by atoms with Crippen LogP contribution < -0.4 is 27.4 Å². The summed E-state index contributed by atoms with van der Waals surface area (Å²) in [7, 11) is 0. The van der Waals surface area contributed by atoms with Crippen molar-refractivity contribution in [1.29, 1.82) is 0 Å². The molecular weight excluding hydrogens is 714 g/mol. The molecule has 3 amide bonds. The number of carboxylic acids is 2. The number of ether oxygens (including phenoxy) is 2. The van der Waals surface area contributed by atoms with E-state index in [1.54, 1.807) is 6.92 Å². The summed E-state index contributed by atoms with van der Waals surface area (Å²) >= 11 is 0. The van der Waals surface area contributed by atoms with Gasteiger partial charge in [0.05, 0.1) is 31.2 Å². The number of unbranched alkanes of at least 4 members (excludes halogenated alkanes) is 12.